The Labute approximate surface area is 110 Å². The van der Waals surface area contributed by atoms with Crippen molar-refractivity contribution in [2.45, 2.75) is 18.9 Å². The first-order valence-electron chi connectivity index (χ1n) is 6.45. The van der Waals surface area contributed by atoms with Crippen LogP contribution in [0.15, 0.2) is 6.20 Å². The number of carbonyl (C=O) groups excluding carboxylic acids is 2. The fourth-order valence-electron chi connectivity index (χ4n) is 3.06. The van der Waals surface area contributed by atoms with Gasteiger partial charge in [0.05, 0.1) is 23.8 Å². The minimum atomic E-state index is -0.135. The van der Waals surface area contributed by atoms with Crippen molar-refractivity contribution in [1.82, 2.24) is 20.0 Å². The summed E-state index contributed by atoms with van der Waals surface area (Å²) < 4.78 is 1.49. The molecular weight excluding hydrogens is 246 g/mol. The van der Waals surface area contributed by atoms with Gasteiger partial charge in [-0.1, -0.05) is 0 Å². The predicted molar refractivity (Wildman–Crippen MR) is 68.2 cm³/mol. The summed E-state index contributed by atoms with van der Waals surface area (Å²) >= 11 is 0. The van der Waals surface area contributed by atoms with Crippen LogP contribution in [0.4, 0.5) is 5.69 Å². The summed E-state index contributed by atoms with van der Waals surface area (Å²) in [5.74, 6) is -0.156. The topological polar surface area (TPSA) is 93.2 Å². The Morgan fingerprint density at radius 1 is 1.58 bits per heavy atom. The summed E-state index contributed by atoms with van der Waals surface area (Å²) in [6.45, 7) is 1.20. The van der Waals surface area contributed by atoms with Gasteiger partial charge in [0.1, 0.15) is 5.69 Å². The van der Waals surface area contributed by atoms with E-state index < -0.39 is 0 Å². The van der Waals surface area contributed by atoms with Crippen molar-refractivity contribution in [1.29, 1.82) is 0 Å². The van der Waals surface area contributed by atoms with Gasteiger partial charge in [-0.05, 0) is 12.8 Å². The lowest BCUT2D eigenvalue weighted by atomic mass is 9.91. The average molecular weight is 263 g/mol. The first kappa shape index (κ1) is 12.0. The van der Waals surface area contributed by atoms with Crippen LogP contribution in [0.2, 0.25) is 0 Å². The van der Waals surface area contributed by atoms with Crippen LogP contribution in [-0.2, 0) is 11.8 Å². The van der Waals surface area contributed by atoms with Crippen LogP contribution in [0.5, 0.6) is 0 Å². The second kappa shape index (κ2) is 4.25. The van der Waals surface area contributed by atoms with Crippen molar-refractivity contribution >= 4 is 17.5 Å². The van der Waals surface area contributed by atoms with Crippen molar-refractivity contribution in [3.8, 4) is 0 Å². The van der Waals surface area contributed by atoms with E-state index in [0.717, 1.165) is 12.8 Å². The van der Waals surface area contributed by atoms with Gasteiger partial charge in [-0.3, -0.25) is 14.3 Å². The summed E-state index contributed by atoms with van der Waals surface area (Å²) in [5.41, 5.74) is 6.58. The standard InChI is InChI=1S/C12H17N5O2/c1-16-10(8(13)5-15-16)12(19)17-4-2-3-7-9(17)6-14-11(7)18/h5,7,9H,2-4,6,13H2,1H3,(H,14,18). The molecule has 0 radical (unpaired) electrons. The molecule has 2 amide bonds. The van der Waals surface area contributed by atoms with E-state index in [1.54, 1.807) is 11.9 Å². The summed E-state index contributed by atoms with van der Waals surface area (Å²) in [5, 5.41) is 6.83. The Balaban J connectivity index is 1.89. The molecule has 0 aliphatic carbocycles. The third kappa shape index (κ3) is 1.76. The molecule has 7 nitrogen and oxygen atoms in total. The molecule has 2 saturated heterocycles. The maximum atomic E-state index is 12.6. The van der Waals surface area contributed by atoms with Gasteiger partial charge in [0, 0.05) is 20.1 Å². The van der Waals surface area contributed by atoms with Crippen molar-refractivity contribution in [2.24, 2.45) is 13.0 Å². The fraction of sp³-hybridized carbons (Fsp3) is 0.583. The number of nitrogens with two attached hydrogens (primary N) is 1. The molecule has 102 valence electrons. The fourth-order valence-corrected chi connectivity index (χ4v) is 3.06. The molecule has 2 atom stereocenters. The smallest absolute Gasteiger partial charge is 0.274 e. The van der Waals surface area contributed by atoms with Crippen LogP contribution < -0.4 is 11.1 Å². The number of rotatable bonds is 1. The van der Waals surface area contributed by atoms with Gasteiger partial charge in [0.25, 0.3) is 5.91 Å². The zero-order valence-corrected chi connectivity index (χ0v) is 10.8. The van der Waals surface area contributed by atoms with Gasteiger partial charge in [-0.2, -0.15) is 5.10 Å². The summed E-state index contributed by atoms with van der Waals surface area (Å²) in [4.78, 5) is 26.1. The first-order chi connectivity index (χ1) is 9.09. The molecule has 3 heterocycles. The zero-order chi connectivity index (χ0) is 13.6. The molecule has 0 saturated carbocycles. The van der Waals surface area contributed by atoms with E-state index in [0.29, 0.717) is 24.5 Å². The van der Waals surface area contributed by atoms with E-state index in [4.69, 9.17) is 5.73 Å². The molecule has 1 aromatic heterocycles. The van der Waals surface area contributed by atoms with Crippen LogP contribution >= 0.6 is 0 Å². The molecule has 2 unspecified atom stereocenters. The van der Waals surface area contributed by atoms with Gasteiger partial charge in [0.15, 0.2) is 0 Å². The number of piperidine rings is 1. The number of nitrogen functional groups attached to an aromatic ring is 1. The van der Waals surface area contributed by atoms with E-state index in [9.17, 15) is 9.59 Å². The van der Waals surface area contributed by atoms with Crippen LogP contribution in [0.1, 0.15) is 23.3 Å². The molecule has 0 aromatic carbocycles. The van der Waals surface area contributed by atoms with Gasteiger partial charge in [-0.25, -0.2) is 0 Å². The molecule has 3 rings (SSSR count). The summed E-state index contributed by atoms with van der Waals surface area (Å²) in [7, 11) is 1.70. The zero-order valence-electron chi connectivity index (χ0n) is 10.8. The second-order valence-corrected chi connectivity index (χ2v) is 5.13. The molecule has 0 bridgehead atoms. The third-order valence-electron chi connectivity index (χ3n) is 4.03. The lowest BCUT2D eigenvalue weighted by Crippen LogP contribution is -2.49. The van der Waals surface area contributed by atoms with Crippen molar-refractivity contribution in [2.75, 3.05) is 18.8 Å². The molecular formula is C12H17N5O2. The Morgan fingerprint density at radius 2 is 2.37 bits per heavy atom. The Kier molecular flexibility index (Phi) is 2.69. The first-order valence-corrected chi connectivity index (χ1v) is 6.45. The van der Waals surface area contributed by atoms with Crippen molar-refractivity contribution in [3.05, 3.63) is 11.9 Å². The number of anilines is 1. The van der Waals surface area contributed by atoms with E-state index in [1.165, 1.54) is 10.9 Å². The van der Waals surface area contributed by atoms with Gasteiger partial charge in [-0.15, -0.1) is 0 Å². The average Bonchev–Trinajstić information content (AvgIpc) is 2.93. The highest BCUT2D eigenvalue weighted by molar-refractivity contribution is 5.98. The molecule has 2 aliphatic heterocycles. The van der Waals surface area contributed by atoms with Crippen LogP contribution in [0.25, 0.3) is 0 Å². The minimum Gasteiger partial charge on any atom is -0.396 e. The number of aryl methyl sites for hydroxylation is 1. The highest BCUT2D eigenvalue weighted by Crippen LogP contribution is 2.29. The number of nitrogens with zero attached hydrogens (tertiary/aromatic N) is 3. The Hall–Kier alpha value is -2.05. The normalized spacial score (nSPS) is 26.2. The van der Waals surface area contributed by atoms with E-state index in [1.807, 2.05) is 0 Å². The lowest BCUT2D eigenvalue weighted by molar-refractivity contribution is -0.123. The van der Waals surface area contributed by atoms with Crippen molar-refractivity contribution < 1.29 is 9.59 Å². The number of aromatic nitrogens is 2. The highest BCUT2D eigenvalue weighted by atomic mass is 16.2. The summed E-state index contributed by atoms with van der Waals surface area (Å²) in [6.07, 6.45) is 3.17. The Morgan fingerprint density at radius 3 is 3.05 bits per heavy atom. The van der Waals surface area contributed by atoms with Gasteiger partial charge in [0.2, 0.25) is 5.91 Å². The highest BCUT2D eigenvalue weighted by Gasteiger charge is 2.43. The number of hydrogen-bond donors (Lipinski definition) is 2. The number of nitrogens with one attached hydrogen (secondary N) is 1. The van der Waals surface area contributed by atoms with Crippen LogP contribution in [0, 0.1) is 5.92 Å². The van der Waals surface area contributed by atoms with E-state index in [-0.39, 0.29) is 23.8 Å². The molecule has 2 fully saturated rings. The predicted octanol–water partition coefficient (Wildman–Crippen LogP) is -0.647. The largest absolute Gasteiger partial charge is 0.396 e. The van der Waals surface area contributed by atoms with Gasteiger partial charge >= 0.3 is 0 Å². The number of carbonyl (C=O) groups is 2. The Bertz CT molecular complexity index is 519. The molecule has 2 aliphatic rings. The van der Waals surface area contributed by atoms with Crippen molar-refractivity contribution in [3.63, 3.8) is 0 Å². The number of likely N-dealkylation sites (tertiary alicyclic amines) is 1. The number of hydrogen-bond acceptors (Lipinski definition) is 4. The maximum absolute atomic E-state index is 12.6. The van der Waals surface area contributed by atoms with Crippen LogP contribution in [-0.4, -0.2) is 45.6 Å². The molecule has 1 aromatic rings. The molecule has 0 spiro atoms. The number of amides is 2. The number of fused-ring (bicyclic) bond motifs is 1. The lowest BCUT2D eigenvalue weighted by Gasteiger charge is -2.35. The third-order valence-corrected chi connectivity index (χ3v) is 4.03. The maximum Gasteiger partial charge on any atom is 0.274 e. The molecule has 7 heteroatoms. The van der Waals surface area contributed by atoms with E-state index >= 15 is 0 Å². The minimum absolute atomic E-state index is 0.0527. The summed E-state index contributed by atoms with van der Waals surface area (Å²) in [6, 6.07) is -0.0527. The second-order valence-electron chi connectivity index (χ2n) is 5.13. The molecule has 19 heavy (non-hydrogen) atoms. The SMILES string of the molecule is Cn1ncc(N)c1C(=O)N1CCCC2C(=O)NCC21. The van der Waals surface area contributed by atoms with Crippen LogP contribution in [0.3, 0.4) is 0 Å². The monoisotopic (exact) mass is 263 g/mol. The quantitative estimate of drug-likeness (QED) is 0.704. The van der Waals surface area contributed by atoms with E-state index in [2.05, 4.69) is 10.4 Å². The molecule has 3 N–H and O–H groups in total. The van der Waals surface area contributed by atoms with Gasteiger partial charge < -0.3 is 16.0 Å².